The third kappa shape index (κ3) is 3.61. The number of hydrogen-bond acceptors (Lipinski definition) is 9. The predicted octanol–water partition coefficient (Wildman–Crippen LogP) is 1.32. The second kappa shape index (κ2) is 7.81. The van der Waals surface area contributed by atoms with Crippen LogP contribution < -0.4 is 9.80 Å². The first-order chi connectivity index (χ1) is 13.7. The van der Waals surface area contributed by atoms with Gasteiger partial charge in [-0.25, -0.2) is 19.9 Å². The van der Waals surface area contributed by atoms with Gasteiger partial charge in [0, 0.05) is 30.7 Å². The van der Waals surface area contributed by atoms with E-state index in [9.17, 15) is 5.11 Å². The Morgan fingerprint density at radius 2 is 1.57 bits per heavy atom. The van der Waals surface area contributed by atoms with E-state index in [4.69, 9.17) is 0 Å². The minimum absolute atomic E-state index is 0.134. The normalized spacial score (nSPS) is 19.7. The highest BCUT2D eigenvalue weighted by Gasteiger charge is 2.32. The van der Waals surface area contributed by atoms with E-state index in [0.717, 1.165) is 18.7 Å². The molecule has 0 bridgehead atoms. The molecule has 0 spiro atoms. The van der Waals surface area contributed by atoms with Crippen LogP contribution in [0.1, 0.15) is 19.7 Å². The maximum absolute atomic E-state index is 9.30. The van der Waals surface area contributed by atoms with Crippen molar-refractivity contribution in [2.24, 2.45) is 0 Å². The summed E-state index contributed by atoms with van der Waals surface area (Å²) in [5, 5.41) is 9.30. The second-order valence-corrected chi connectivity index (χ2v) is 6.85. The van der Waals surface area contributed by atoms with Gasteiger partial charge in [-0.15, -0.1) is 0 Å². The van der Waals surface area contributed by atoms with Gasteiger partial charge in [0.1, 0.15) is 19.3 Å². The lowest BCUT2D eigenvalue weighted by atomic mass is 10.1. The number of rotatable bonds is 4. The second-order valence-electron chi connectivity index (χ2n) is 6.85. The lowest BCUT2D eigenvalue weighted by Gasteiger charge is -2.44. The lowest BCUT2D eigenvalue weighted by Crippen LogP contribution is -2.58. The van der Waals surface area contributed by atoms with Gasteiger partial charge in [-0.2, -0.15) is 9.97 Å². The zero-order chi connectivity index (χ0) is 19.5. The van der Waals surface area contributed by atoms with Gasteiger partial charge >= 0.3 is 0 Å². The summed E-state index contributed by atoms with van der Waals surface area (Å²) in [4.78, 5) is 30.3. The van der Waals surface area contributed by atoms with Crippen LogP contribution in [0.3, 0.4) is 0 Å². The first-order valence-corrected chi connectivity index (χ1v) is 9.22. The fraction of sp³-hybridized carbons (Fsp3) is 0.368. The van der Waals surface area contributed by atoms with E-state index >= 15 is 0 Å². The topological polar surface area (TPSA) is 104 Å². The van der Waals surface area contributed by atoms with Crippen LogP contribution in [0.25, 0.3) is 11.4 Å². The van der Waals surface area contributed by atoms with Gasteiger partial charge in [0.2, 0.25) is 11.9 Å². The number of piperazine rings is 1. The molecule has 144 valence electrons. The molecular formula is C19H22N8O. The van der Waals surface area contributed by atoms with Crippen molar-refractivity contribution < 1.29 is 5.11 Å². The number of aliphatic hydroxyl groups excluding tert-OH is 1. The fourth-order valence-electron chi connectivity index (χ4n) is 3.57. The van der Waals surface area contributed by atoms with Crippen LogP contribution in [0.5, 0.6) is 0 Å². The van der Waals surface area contributed by atoms with Crippen LogP contribution in [0.15, 0.2) is 43.0 Å². The van der Waals surface area contributed by atoms with Crippen molar-refractivity contribution in [3.63, 3.8) is 0 Å². The minimum Gasteiger partial charge on any atom is -0.388 e. The molecule has 1 fully saturated rings. The van der Waals surface area contributed by atoms with Crippen molar-refractivity contribution in [3.8, 4) is 11.4 Å². The van der Waals surface area contributed by atoms with Crippen LogP contribution >= 0.6 is 0 Å². The van der Waals surface area contributed by atoms with E-state index in [1.54, 1.807) is 6.33 Å². The Morgan fingerprint density at radius 1 is 0.893 bits per heavy atom. The van der Waals surface area contributed by atoms with Crippen molar-refractivity contribution in [1.29, 1.82) is 0 Å². The fourth-order valence-corrected chi connectivity index (χ4v) is 3.57. The Morgan fingerprint density at radius 3 is 2.29 bits per heavy atom. The number of anilines is 2. The quantitative estimate of drug-likeness (QED) is 0.719. The molecule has 2 atom stereocenters. The van der Waals surface area contributed by atoms with E-state index in [1.165, 1.54) is 6.33 Å². The van der Waals surface area contributed by atoms with Crippen molar-refractivity contribution >= 4 is 11.9 Å². The number of nitrogens with zero attached hydrogens (tertiary/aromatic N) is 8. The van der Waals surface area contributed by atoms with Gasteiger partial charge in [0.25, 0.3) is 0 Å². The summed E-state index contributed by atoms with van der Waals surface area (Å²) in [6.45, 7) is 5.48. The van der Waals surface area contributed by atoms with Gasteiger partial charge in [0.05, 0.1) is 0 Å². The molecule has 1 aliphatic heterocycles. The number of hydrogen-bond donors (Lipinski definition) is 1. The summed E-state index contributed by atoms with van der Waals surface area (Å²) in [6.07, 6.45) is 3.00. The minimum atomic E-state index is -0.203. The van der Waals surface area contributed by atoms with E-state index in [0.29, 0.717) is 23.5 Å². The van der Waals surface area contributed by atoms with E-state index in [1.807, 2.05) is 30.3 Å². The van der Waals surface area contributed by atoms with E-state index in [-0.39, 0.29) is 18.7 Å². The van der Waals surface area contributed by atoms with Crippen LogP contribution in [0.2, 0.25) is 0 Å². The lowest BCUT2D eigenvalue weighted by molar-refractivity contribution is 0.270. The molecule has 1 N–H and O–H groups in total. The molecule has 0 unspecified atom stereocenters. The SMILES string of the molecule is C[C@@H]1CN(c2ncnc(-c3ccccc3)n2)C[C@H](C)N1c1ncnc(CO)n1. The standard InChI is InChI=1S/C19H22N8O/c1-13-8-26(9-14(2)27(13)19-23-11-20-16(10-28)24-19)18-22-12-21-17(25-18)15-6-4-3-5-7-15/h3-7,11-14,28H,8-10H2,1-2H3/t13-,14+. The maximum atomic E-state index is 9.30. The molecule has 1 aliphatic rings. The molecule has 4 rings (SSSR count). The molecular weight excluding hydrogens is 356 g/mol. The van der Waals surface area contributed by atoms with Crippen molar-refractivity contribution in [1.82, 2.24) is 29.9 Å². The van der Waals surface area contributed by atoms with Crippen molar-refractivity contribution in [2.75, 3.05) is 22.9 Å². The predicted molar refractivity (Wildman–Crippen MR) is 105 cm³/mol. The maximum Gasteiger partial charge on any atom is 0.229 e. The van der Waals surface area contributed by atoms with Crippen LogP contribution in [0, 0.1) is 0 Å². The Bertz CT molecular complexity index is 926. The van der Waals surface area contributed by atoms with Gasteiger partial charge in [-0.3, -0.25) is 0 Å². The van der Waals surface area contributed by atoms with Crippen molar-refractivity contribution in [2.45, 2.75) is 32.5 Å². The van der Waals surface area contributed by atoms with Gasteiger partial charge in [0.15, 0.2) is 11.6 Å². The zero-order valence-electron chi connectivity index (χ0n) is 15.8. The van der Waals surface area contributed by atoms with E-state index in [2.05, 4.69) is 53.6 Å². The molecule has 3 heterocycles. The number of aromatic nitrogens is 6. The first-order valence-electron chi connectivity index (χ1n) is 9.22. The molecule has 0 radical (unpaired) electrons. The number of benzene rings is 1. The Kier molecular flexibility index (Phi) is 5.07. The number of aliphatic hydroxyl groups is 1. The molecule has 0 aliphatic carbocycles. The molecule has 2 aromatic heterocycles. The Hall–Kier alpha value is -3.20. The van der Waals surface area contributed by atoms with Crippen LogP contribution in [0.4, 0.5) is 11.9 Å². The molecule has 3 aromatic rings. The summed E-state index contributed by atoms with van der Waals surface area (Å²) >= 11 is 0. The Balaban J connectivity index is 1.56. The average Bonchev–Trinajstić information content (AvgIpc) is 2.74. The third-order valence-electron chi connectivity index (χ3n) is 4.77. The highest BCUT2D eigenvalue weighted by Crippen LogP contribution is 2.24. The average molecular weight is 378 g/mol. The first kappa shape index (κ1) is 18.2. The molecule has 0 amide bonds. The van der Waals surface area contributed by atoms with Crippen LogP contribution in [-0.4, -0.2) is 60.2 Å². The zero-order valence-corrected chi connectivity index (χ0v) is 15.8. The van der Waals surface area contributed by atoms with Gasteiger partial charge in [-0.1, -0.05) is 30.3 Å². The monoisotopic (exact) mass is 378 g/mol. The smallest absolute Gasteiger partial charge is 0.229 e. The summed E-state index contributed by atoms with van der Waals surface area (Å²) in [7, 11) is 0. The van der Waals surface area contributed by atoms with Gasteiger partial charge < -0.3 is 14.9 Å². The van der Waals surface area contributed by atoms with Gasteiger partial charge in [-0.05, 0) is 13.8 Å². The molecule has 9 heteroatoms. The highest BCUT2D eigenvalue weighted by atomic mass is 16.3. The molecule has 28 heavy (non-hydrogen) atoms. The summed E-state index contributed by atoms with van der Waals surface area (Å²) in [5.74, 6) is 2.29. The Labute approximate surface area is 163 Å². The van der Waals surface area contributed by atoms with Crippen molar-refractivity contribution in [3.05, 3.63) is 48.8 Å². The summed E-state index contributed by atoms with van der Waals surface area (Å²) < 4.78 is 0. The molecule has 1 aromatic carbocycles. The summed E-state index contributed by atoms with van der Waals surface area (Å²) in [5.41, 5.74) is 0.965. The molecule has 0 saturated carbocycles. The highest BCUT2D eigenvalue weighted by molar-refractivity contribution is 5.56. The summed E-state index contributed by atoms with van der Waals surface area (Å²) in [6, 6.07) is 10.2. The van der Waals surface area contributed by atoms with E-state index < -0.39 is 0 Å². The molecule has 1 saturated heterocycles. The van der Waals surface area contributed by atoms with Crippen LogP contribution in [-0.2, 0) is 6.61 Å². The largest absolute Gasteiger partial charge is 0.388 e. The third-order valence-corrected chi connectivity index (χ3v) is 4.77. The molecule has 9 nitrogen and oxygen atoms in total.